The third-order valence-corrected chi connectivity index (χ3v) is 4.62. The van der Waals surface area contributed by atoms with Crippen LogP contribution in [0.5, 0.6) is 17.2 Å². The average Bonchev–Trinajstić information content (AvgIpc) is 2.79. The number of aromatic nitrogens is 1. The molecule has 0 aliphatic carbocycles. The Kier molecular flexibility index (Phi) is 5.12. The zero-order valence-corrected chi connectivity index (χ0v) is 16.1. The lowest BCUT2D eigenvalue weighted by Gasteiger charge is -2.15. The fourth-order valence-electron chi connectivity index (χ4n) is 3.16. The Morgan fingerprint density at radius 1 is 0.828 bits per heavy atom. The summed E-state index contributed by atoms with van der Waals surface area (Å²) >= 11 is 0. The van der Waals surface area contributed by atoms with E-state index in [1.54, 1.807) is 44.7 Å². The maximum Gasteiger partial charge on any atom is 0.343 e. The fraction of sp³-hybridized carbons (Fsp3) is 0.0833. The van der Waals surface area contributed by atoms with E-state index in [0.717, 1.165) is 10.9 Å². The van der Waals surface area contributed by atoms with Gasteiger partial charge in [0.1, 0.15) is 17.2 Å². The van der Waals surface area contributed by atoms with Crippen molar-refractivity contribution >= 4 is 16.7 Å². The van der Waals surface area contributed by atoms with Gasteiger partial charge in [0.15, 0.2) is 5.75 Å². The first-order valence-corrected chi connectivity index (χ1v) is 9.08. The molecular weight excluding hydrogens is 366 g/mol. The normalized spacial score (nSPS) is 10.6. The fourth-order valence-corrected chi connectivity index (χ4v) is 3.16. The van der Waals surface area contributed by atoms with Crippen molar-refractivity contribution in [2.75, 3.05) is 14.2 Å². The number of carbonyl (C=O) groups excluding carboxylic acids is 1. The van der Waals surface area contributed by atoms with Crippen LogP contribution in [0.4, 0.5) is 0 Å². The molecule has 29 heavy (non-hydrogen) atoms. The van der Waals surface area contributed by atoms with Crippen LogP contribution in [-0.2, 0) is 0 Å². The van der Waals surface area contributed by atoms with Gasteiger partial charge in [-0.15, -0.1) is 0 Å². The van der Waals surface area contributed by atoms with E-state index in [4.69, 9.17) is 14.2 Å². The Hall–Kier alpha value is -3.86. The molecule has 0 spiro atoms. The molecule has 0 amide bonds. The van der Waals surface area contributed by atoms with Crippen molar-refractivity contribution in [2.45, 2.75) is 0 Å². The quantitative estimate of drug-likeness (QED) is 0.445. The highest BCUT2D eigenvalue weighted by Crippen LogP contribution is 2.40. The van der Waals surface area contributed by atoms with Gasteiger partial charge in [0, 0.05) is 17.1 Å². The monoisotopic (exact) mass is 385 g/mol. The highest BCUT2D eigenvalue weighted by atomic mass is 16.5. The van der Waals surface area contributed by atoms with E-state index in [9.17, 15) is 4.79 Å². The minimum atomic E-state index is -0.481. The molecule has 0 saturated carbocycles. The molecule has 3 aromatic carbocycles. The average molecular weight is 385 g/mol. The lowest BCUT2D eigenvalue weighted by molar-refractivity contribution is 0.0737. The van der Waals surface area contributed by atoms with E-state index < -0.39 is 5.97 Å². The van der Waals surface area contributed by atoms with Crippen molar-refractivity contribution < 1.29 is 19.0 Å². The van der Waals surface area contributed by atoms with E-state index in [-0.39, 0.29) is 0 Å². The molecule has 5 heteroatoms. The molecule has 0 saturated heterocycles. The molecule has 5 nitrogen and oxygen atoms in total. The summed E-state index contributed by atoms with van der Waals surface area (Å²) in [6.45, 7) is 0. The molecule has 0 unspecified atom stereocenters. The predicted molar refractivity (Wildman–Crippen MR) is 112 cm³/mol. The molecule has 144 valence electrons. The van der Waals surface area contributed by atoms with Gasteiger partial charge in [-0.2, -0.15) is 0 Å². The molecule has 0 bridgehead atoms. The summed E-state index contributed by atoms with van der Waals surface area (Å²) in [5, 5.41) is 1.52. The van der Waals surface area contributed by atoms with Crippen LogP contribution >= 0.6 is 0 Å². The van der Waals surface area contributed by atoms with Crippen LogP contribution in [0.2, 0.25) is 0 Å². The number of benzene rings is 3. The zero-order chi connectivity index (χ0) is 20.2. The Morgan fingerprint density at radius 3 is 2.28 bits per heavy atom. The Balaban J connectivity index is 1.86. The van der Waals surface area contributed by atoms with E-state index in [2.05, 4.69) is 4.98 Å². The number of hydrogen-bond acceptors (Lipinski definition) is 5. The number of rotatable bonds is 5. The van der Waals surface area contributed by atoms with Gasteiger partial charge < -0.3 is 14.2 Å². The second-order valence-corrected chi connectivity index (χ2v) is 6.34. The van der Waals surface area contributed by atoms with Crippen LogP contribution in [0.3, 0.4) is 0 Å². The maximum absolute atomic E-state index is 12.9. The van der Waals surface area contributed by atoms with Gasteiger partial charge in [-0.3, -0.25) is 4.98 Å². The van der Waals surface area contributed by atoms with Gasteiger partial charge in [-0.25, -0.2) is 4.79 Å². The van der Waals surface area contributed by atoms with Crippen LogP contribution in [-0.4, -0.2) is 25.2 Å². The van der Waals surface area contributed by atoms with Crippen molar-refractivity contribution in [2.24, 2.45) is 0 Å². The molecule has 0 radical (unpaired) electrons. The predicted octanol–water partition coefficient (Wildman–Crippen LogP) is 5.14. The summed E-state index contributed by atoms with van der Waals surface area (Å²) < 4.78 is 16.6. The number of methoxy groups -OCH3 is 2. The second kappa shape index (κ2) is 8.02. The lowest BCUT2D eigenvalue weighted by Crippen LogP contribution is -2.10. The van der Waals surface area contributed by atoms with Crippen LogP contribution in [0.1, 0.15) is 10.4 Å². The number of ether oxygens (including phenoxy) is 3. The van der Waals surface area contributed by atoms with Crippen LogP contribution < -0.4 is 14.2 Å². The zero-order valence-electron chi connectivity index (χ0n) is 16.1. The van der Waals surface area contributed by atoms with Gasteiger partial charge in [-0.05, 0) is 30.3 Å². The van der Waals surface area contributed by atoms with Gasteiger partial charge in [0.25, 0.3) is 0 Å². The molecule has 1 heterocycles. The van der Waals surface area contributed by atoms with Crippen LogP contribution in [0.25, 0.3) is 22.0 Å². The second-order valence-electron chi connectivity index (χ2n) is 6.34. The minimum absolute atomic E-state index is 0.368. The topological polar surface area (TPSA) is 57.7 Å². The first-order valence-electron chi connectivity index (χ1n) is 9.08. The number of pyridine rings is 1. The van der Waals surface area contributed by atoms with Gasteiger partial charge >= 0.3 is 5.97 Å². The largest absolute Gasteiger partial charge is 0.497 e. The smallest absolute Gasteiger partial charge is 0.343 e. The summed E-state index contributed by atoms with van der Waals surface area (Å²) in [5.41, 5.74) is 1.83. The number of hydrogen-bond donors (Lipinski definition) is 0. The SMILES string of the molecule is COc1ccc(C(=O)Oc2c(-c3ccccc3)ncc3cccc(OC)c23)cc1. The van der Waals surface area contributed by atoms with Crippen molar-refractivity contribution in [1.29, 1.82) is 0 Å². The minimum Gasteiger partial charge on any atom is -0.497 e. The van der Waals surface area contributed by atoms with Crippen molar-refractivity contribution in [3.8, 4) is 28.5 Å². The molecule has 0 aliphatic heterocycles. The van der Waals surface area contributed by atoms with Crippen molar-refractivity contribution in [3.63, 3.8) is 0 Å². The van der Waals surface area contributed by atoms with E-state index in [1.165, 1.54) is 0 Å². The van der Waals surface area contributed by atoms with Crippen LogP contribution in [0, 0.1) is 0 Å². The van der Waals surface area contributed by atoms with Gasteiger partial charge in [0.05, 0.1) is 25.2 Å². The Bertz CT molecular complexity index is 1150. The van der Waals surface area contributed by atoms with Crippen molar-refractivity contribution in [1.82, 2.24) is 4.98 Å². The highest BCUT2D eigenvalue weighted by Gasteiger charge is 2.20. The standard InChI is InChI=1S/C24H19NO4/c1-27-19-13-11-17(12-14-19)24(26)29-23-21-18(9-6-10-20(21)28-2)15-25-22(23)16-7-4-3-5-8-16/h3-15H,1-2H3. The molecule has 4 rings (SSSR count). The number of esters is 1. The summed E-state index contributed by atoms with van der Waals surface area (Å²) in [7, 11) is 3.17. The summed E-state index contributed by atoms with van der Waals surface area (Å²) in [6.07, 6.45) is 1.75. The molecule has 0 atom stereocenters. The summed E-state index contributed by atoms with van der Waals surface area (Å²) in [4.78, 5) is 17.5. The molecule has 0 N–H and O–H groups in total. The first kappa shape index (κ1) is 18.5. The van der Waals surface area contributed by atoms with Gasteiger partial charge in [-0.1, -0.05) is 42.5 Å². The number of nitrogens with zero attached hydrogens (tertiary/aromatic N) is 1. The Morgan fingerprint density at radius 2 is 1.59 bits per heavy atom. The Labute approximate surface area is 168 Å². The molecule has 0 fully saturated rings. The third kappa shape index (κ3) is 3.62. The van der Waals surface area contributed by atoms with Crippen molar-refractivity contribution in [3.05, 3.63) is 84.6 Å². The molecule has 4 aromatic rings. The molecular formula is C24H19NO4. The van der Waals surface area contributed by atoms with E-state index in [1.807, 2.05) is 48.5 Å². The van der Waals surface area contributed by atoms with E-state index >= 15 is 0 Å². The maximum atomic E-state index is 12.9. The van der Waals surface area contributed by atoms with E-state index in [0.29, 0.717) is 33.9 Å². The first-order chi connectivity index (χ1) is 14.2. The number of fused-ring (bicyclic) bond motifs is 1. The highest BCUT2D eigenvalue weighted by molar-refractivity contribution is 6.01. The third-order valence-electron chi connectivity index (χ3n) is 4.62. The summed E-state index contributed by atoms with van der Waals surface area (Å²) in [6, 6.07) is 22.0. The van der Waals surface area contributed by atoms with Gasteiger partial charge in [0.2, 0.25) is 0 Å². The lowest BCUT2D eigenvalue weighted by atomic mass is 10.0. The number of carbonyl (C=O) groups is 1. The van der Waals surface area contributed by atoms with Crippen LogP contribution in [0.15, 0.2) is 79.0 Å². The molecule has 0 aliphatic rings. The molecule has 1 aromatic heterocycles. The summed E-state index contributed by atoms with van der Waals surface area (Å²) in [5.74, 6) is 1.16.